The molecule has 1 fully saturated rings. The number of nitrogens with zero attached hydrogens (tertiary/aromatic N) is 4. The Morgan fingerprint density at radius 3 is 3.18 bits per heavy atom. The van der Waals surface area contributed by atoms with E-state index in [0.717, 1.165) is 19.5 Å². The summed E-state index contributed by atoms with van der Waals surface area (Å²) in [6, 6.07) is 5.69. The van der Waals surface area contributed by atoms with Gasteiger partial charge in [0.1, 0.15) is 0 Å². The quantitative estimate of drug-likeness (QED) is 0.796. The highest BCUT2D eigenvalue weighted by molar-refractivity contribution is 5.44. The van der Waals surface area contributed by atoms with Crippen molar-refractivity contribution in [1.82, 2.24) is 25.2 Å². The average molecular weight is 299 g/mol. The maximum absolute atomic E-state index is 5.33. The zero-order valence-corrected chi connectivity index (χ0v) is 12.1. The van der Waals surface area contributed by atoms with Crippen molar-refractivity contribution in [2.75, 3.05) is 13.1 Å². The molecular formula is C15H17N5O2. The van der Waals surface area contributed by atoms with Crippen LogP contribution in [0.5, 0.6) is 0 Å². The first-order chi connectivity index (χ1) is 10.9. The molecular weight excluding hydrogens is 282 g/mol. The van der Waals surface area contributed by atoms with Crippen LogP contribution in [0.2, 0.25) is 0 Å². The fourth-order valence-electron chi connectivity index (χ4n) is 2.96. The van der Waals surface area contributed by atoms with Crippen molar-refractivity contribution in [1.29, 1.82) is 0 Å². The van der Waals surface area contributed by atoms with Crippen molar-refractivity contribution in [3.05, 3.63) is 42.2 Å². The second-order valence-electron chi connectivity index (χ2n) is 5.58. The number of aromatic amines is 1. The van der Waals surface area contributed by atoms with Gasteiger partial charge in [-0.1, -0.05) is 5.16 Å². The van der Waals surface area contributed by atoms with Crippen molar-refractivity contribution < 1.29 is 8.94 Å². The zero-order chi connectivity index (χ0) is 14.8. The van der Waals surface area contributed by atoms with Crippen molar-refractivity contribution in [3.8, 4) is 11.6 Å². The first-order valence-electron chi connectivity index (χ1n) is 7.46. The first-order valence-corrected chi connectivity index (χ1v) is 7.46. The predicted molar refractivity (Wildman–Crippen MR) is 77.8 cm³/mol. The standard InChI is InChI=1S/C15H17N5O2/c1-3-11(12-5-6-16-18-12)9-20(7-1)10-14-17-15(19-22-14)13-4-2-8-21-13/h2,4-6,8,11H,1,3,7,9-10H2,(H,16,18). The number of furan rings is 1. The average Bonchev–Trinajstić information content (AvgIpc) is 3.29. The van der Waals surface area contributed by atoms with Crippen LogP contribution in [0.4, 0.5) is 0 Å². The number of piperidine rings is 1. The lowest BCUT2D eigenvalue weighted by Gasteiger charge is -2.30. The fourth-order valence-corrected chi connectivity index (χ4v) is 2.96. The second kappa shape index (κ2) is 5.76. The Morgan fingerprint density at radius 1 is 1.36 bits per heavy atom. The van der Waals surface area contributed by atoms with E-state index < -0.39 is 0 Å². The highest BCUT2D eigenvalue weighted by Gasteiger charge is 2.24. The van der Waals surface area contributed by atoms with Gasteiger partial charge in [0.25, 0.3) is 0 Å². The maximum atomic E-state index is 5.33. The van der Waals surface area contributed by atoms with Crippen molar-refractivity contribution in [2.24, 2.45) is 0 Å². The van der Waals surface area contributed by atoms with Crippen LogP contribution in [-0.4, -0.2) is 38.3 Å². The van der Waals surface area contributed by atoms with E-state index in [1.54, 1.807) is 6.26 Å². The maximum Gasteiger partial charge on any atom is 0.241 e. The molecule has 22 heavy (non-hydrogen) atoms. The third kappa shape index (κ3) is 2.67. The van der Waals surface area contributed by atoms with E-state index in [2.05, 4.69) is 31.3 Å². The van der Waals surface area contributed by atoms with Gasteiger partial charge in [-0.15, -0.1) is 0 Å². The molecule has 3 aromatic rings. The molecule has 1 aliphatic rings. The van der Waals surface area contributed by atoms with E-state index >= 15 is 0 Å². The molecule has 7 nitrogen and oxygen atoms in total. The molecule has 0 bridgehead atoms. The molecule has 0 aliphatic carbocycles. The van der Waals surface area contributed by atoms with Gasteiger partial charge in [0.05, 0.1) is 12.8 Å². The van der Waals surface area contributed by atoms with Crippen LogP contribution in [0.3, 0.4) is 0 Å². The van der Waals surface area contributed by atoms with E-state index in [0.29, 0.717) is 29.9 Å². The van der Waals surface area contributed by atoms with Crippen molar-refractivity contribution in [2.45, 2.75) is 25.3 Å². The van der Waals surface area contributed by atoms with E-state index in [1.807, 2.05) is 18.3 Å². The predicted octanol–water partition coefficient (Wildman–Crippen LogP) is 2.43. The van der Waals surface area contributed by atoms with Crippen LogP contribution < -0.4 is 0 Å². The molecule has 0 spiro atoms. The van der Waals surface area contributed by atoms with E-state index in [4.69, 9.17) is 8.94 Å². The van der Waals surface area contributed by atoms with E-state index in [9.17, 15) is 0 Å². The summed E-state index contributed by atoms with van der Waals surface area (Å²) >= 11 is 0. The molecule has 7 heteroatoms. The molecule has 1 aliphatic heterocycles. The lowest BCUT2D eigenvalue weighted by Crippen LogP contribution is -2.34. The van der Waals surface area contributed by atoms with Crippen LogP contribution in [0.1, 0.15) is 30.3 Å². The molecule has 1 unspecified atom stereocenters. The van der Waals surface area contributed by atoms with Gasteiger partial charge < -0.3 is 8.94 Å². The van der Waals surface area contributed by atoms with Crippen molar-refractivity contribution >= 4 is 0 Å². The van der Waals surface area contributed by atoms with Gasteiger partial charge in [0, 0.05) is 24.4 Å². The molecule has 4 heterocycles. The molecule has 0 amide bonds. The number of aromatic nitrogens is 4. The van der Waals surface area contributed by atoms with Crippen LogP contribution >= 0.6 is 0 Å². The Morgan fingerprint density at radius 2 is 2.36 bits per heavy atom. The number of nitrogens with one attached hydrogen (secondary N) is 1. The lowest BCUT2D eigenvalue weighted by molar-refractivity contribution is 0.175. The molecule has 0 radical (unpaired) electrons. The first kappa shape index (κ1) is 13.3. The number of H-pyrrole nitrogens is 1. The lowest BCUT2D eigenvalue weighted by atomic mass is 9.95. The molecule has 3 aromatic heterocycles. The molecule has 114 valence electrons. The van der Waals surface area contributed by atoms with Gasteiger partial charge >= 0.3 is 0 Å². The third-order valence-corrected chi connectivity index (χ3v) is 4.04. The fraction of sp³-hybridized carbons (Fsp3) is 0.400. The van der Waals surface area contributed by atoms with Gasteiger partial charge in [-0.05, 0) is 37.6 Å². The van der Waals surface area contributed by atoms with Crippen molar-refractivity contribution in [3.63, 3.8) is 0 Å². The summed E-state index contributed by atoms with van der Waals surface area (Å²) in [6.45, 7) is 2.68. The highest BCUT2D eigenvalue weighted by atomic mass is 16.5. The van der Waals surface area contributed by atoms with Crippen LogP contribution in [-0.2, 0) is 6.54 Å². The Labute approximate surface area is 127 Å². The van der Waals surface area contributed by atoms with Gasteiger partial charge in [-0.25, -0.2) is 0 Å². The molecule has 1 N–H and O–H groups in total. The zero-order valence-electron chi connectivity index (χ0n) is 12.1. The Kier molecular flexibility index (Phi) is 3.48. The number of rotatable bonds is 4. The summed E-state index contributed by atoms with van der Waals surface area (Å²) in [5.41, 5.74) is 1.20. The normalized spacial score (nSPS) is 19.5. The summed E-state index contributed by atoms with van der Waals surface area (Å²) in [7, 11) is 0. The minimum Gasteiger partial charge on any atom is -0.461 e. The summed E-state index contributed by atoms with van der Waals surface area (Å²) in [6.07, 6.45) is 5.75. The Hall–Kier alpha value is -2.41. The summed E-state index contributed by atoms with van der Waals surface area (Å²) in [5.74, 6) is 2.24. The van der Waals surface area contributed by atoms with Gasteiger partial charge in [-0.2, -0.15) is 10.1 Å². The Balaban J connectivity index is 1.43. The van der Waals surface area contributed by atoms with Crippen LogP contribution in [0.15, 0.2) is 39.6 Å². The smallest absolute Gasteiger partial charge is 0.241 e. The van der Waals surface area contributed by atoms with Gasteiger partial charge in [-0.3, -0.25) is 10.00 Å². The summed E-state index contributed by atoms with van der Waals surface area (Å²) in [5, 5.41) is 11.1. The molecule has 0 aromatic carbocycles. The highest BCUT2D eigenvalue weighted by Crippen LogP contribution is 2.26. The number of likely N-dealkylation sites (tertiary alicyclic amines) is 1. The van der Waals surface area contributed by atoms with Crippen LogP contribution in [0, 0.1) is 0 Å². The van der Waals surface area contributed by atoms with Gasteiger partial charge in [0.15, 0.2) is 5.76 Å². The summed E-state index contributed by atoms with van der Waals surface area (Å²) in [4.78, 5) is 6.74. The topological polar surface area (TPSA) is 84.0 Å². The largest absolute Gasteiger partial charge is 0.461 e. The SMILES string of the molecule is c1coc(-c2noc(CN3CCCC(c4ccn[nH]4)C3)n2)c1. The number of hydrogen-bond acceptors (Lipinski definition) is 6. The molecule has 1 atom stereocenters. The Bertz CT molecular complexity index is 704. The number of hydrogen-bond donors (Lipinski definition) is 1. The minimum absolute atomic E-state index is 0.490. The summed E-state index contributed by atoms with van der Waals surface area (Å²) < 4.78 is 10.6. The molecule has 4 rings (SSSR count). The molecule has 1 saturated heterocycles. The molecule has 0 saturated carbocycles. The monoisotopic (exact) mass is 299 g/mol. The second-order valence-corrected chi connectivity index (χ2v) is 5.58. The van der Waals surface area contributed by atoms with E-state index in [1.165, 1.54) is 12.1 Å². The minimum atomic E-state index is 0.490. The third-order valence-electron chi connectivity index (χ3n) is 4.04. The van der Waals surface area contributed by atoms with Gasteiger partial charge in [0.2, 0.25) is 11.7 Å². The van der Waals surface area contributed by atoms with Crippen LogP contribution in [0.25, 0.3) is 11.6 Å². The van der Waals surface area contributed by atoms with E-state index in [-0.39, 0.29) is 0 Å².